The summed E-state index contributed by atoms with van der Waals surface area (Å²) < 4.78 is 0. The summed E-state index contributed by atoms with van der Waals surface area (Å²) in [6.07, 6.45) is 9.74. The van der Waals surface area contributed by atoms with Crippen molar-refractivity contribution < 1.29 is 5.11 Å². The van der Waals surface area contributed by atoms with Crippen molar-refractivity contribution >= 4 is 0 Å². The van der Waals surface area contributed by atoms with Crippen molar-refractivity contribution in [2.45, 2.75) is 59.0 Å². The van der Waals surface area contributed by atoms with E-state index in [9.17, 15) is 5.11 Å². The third-order valence-corrected chi connectivity index (χ3v) is 3.24. The molecule has 15 heavy (non-hydrogen) atoms. The largest absolute Gasteiger partial charge is 0.393 e. The summed E-state index contributed by atoms with van der Waals surface area (Å²) in [4.78, 5) is 0. The molecule has 0 saturated heterocycles. The molecule has 1 N–H and O–H groups in total. The fraction of sp³-hybridized carbons (Fsp3) is 0.714. The van der Waals surface area contributed by atoms with Gasteiger partial charge in [-0.25, -0.2) is 0 Å². The van der Waals surface area contributed by atoms with Gasteiger partial charge in [0.25, 0.3) is 0 Å². The zero-order valence-electron chi connectivity index (χ0n) is 10.3. The molecule has 1 nitrogen and oxygen atoms in total. The molecule has 1 aliphatic rings. The highest BCUT2D eigenvalue weighted by atomic mass is 16.3. The third-order valence-electron chi connectivity index (χ3n) is 3.24. The summed E-state index contributed by atoms with van der Waals surface area (Å²) >= 11 is 0. The first-order valence-corrected chi connectivity index (χ1v) is 6.06. The summed E-state index contributed by atoms with van der Waals surface area (Å²) in [5, 5.41) is 10.0. The maximum absolute atomic E-state index is 10.0. The molecule has 0 saturated carbocycles. The molecular formula is C14H24O. The van der Waals surface area contributed by atoms with Crippen LogP contribution in [0.3, 0.4) is 0 Å². The second kappa shape index (κ2) is 6.12. The Bertz CT molecular complexity index is 246. The van der Waals surface area contributed by atoms with Gasteiger partial charge in [-0.3, -0.25) is 0 Å². The van der Waals surface area contributed by atoms with Crippen LogP contribution in [0, 0.1) is 5.92 Å². The Labute approximate surface area is 93.9 Å². The number of aliphatic hydroxyl groups excluding tert-OH is 1. The molecule has 0 heterocycles. The monoisotopic (exact) mass is 208 g/mol. The van der Waals surface area contributed by atoms with Crippen molar-refractivity contribution in [3.8, 4) is 0 Å². The fourth-order valence-electron chi connectivity index (χ4n) is 2.11. The van der Waals surface area contributed by atoms with Gasteiger partial charge in [0.1, 0.15) is 0 Å². The minimum absolute atomic E-state index is 0.107. The molecule has 1 rings (SSSR count). The average Bonchev–Trinajstić information content (AvgIpc) is 2.18. The van der Waals surface area contributed by atoms with Gasteiger partial charge in [0.15, 0.2) is 0 Å². The Morgan fingerprint density at radius 3 is 2.87 bits per heavy atom. The van der Waals surface area contributed by atoms with Crippen LogP contribution in [-0.2, 0) is 0 Å². The van der Waals surface area contributed by atoms with Gasteiger partial charge in [-0.05, 0) is 58.8 Å². The molecule has 2 unspecified atom stereocenters. The summed E-state index contributed by atoms with van der Waals surface area (Å²) in [5.74, 6) is 0.499. The summed E-state index contributed by atoms with van der Waals surface area (Å²) in [6, 6.07) is 0. The predicted octanol–water partition coefficient (Wildman–Crippen LogP) is 3.84. The minimum Gasteiger partial charge on any atom is -0.393 e. The Kier molecular flexibility index (Phi) is 5.10. The minimum atomic E-state index is -0.107. The Morgan fingerprint density at radius 1 is 1.60 bits per heavy atom. The first-order chi connectivity index (χ1) is 7.09. The second-order valence-electron chi connectivity index (χ2n) is 5.01. The van der Waals surface area contributed by atoms with E-state index in [4.69, 9.17) is 0 Å². The average molecular weight is 208 g/mol. The lowest BCUT2D eigenvalue weighted by atomic mass is 9.84. The van der Waals surface area contributed by atoms with E-state index in [0.29, 0.717) is 5.92 Å². The third kappa shape index (κ3) is 4.65. The normalized spacial score (nSPS) is 23.2. The highest BCUT2D eigenvalue weighted by molar-refractivity contribution is 5.04. The first-order valence-electron chi connectivity index (χ1n) is 6.06. The van der Waals surface area contributed by atoms with Crippen molar-refractivity contribution in [3.05, 3.63) is 23.3 Å². The first kappa shape index (κ1) is 12.5. The molecular weight excluding hydrogens is 184 g/mol. The summed E-state index contributed by atoms with van der Waals surface area (Å²) in [7, 11) is 0. The van der Waals surface area contributed by atoms with E-state index < -0.39 is 0 Å². The molecule has 0 aromatic heterocycles. The molecule has 0 aromatic carbocycles. The number of rotatable bonds is 4. The van der Waals surface area contributed by atoms with Crippen molar-refractivity contribution in [1.29, 1.82) is 0 Å². The molecule has 1 heteroatoms. The van der Waals surface area contributed by atoms with Gasteiger partial charge in [0.05, 0.1) is 6.10 Å². The SMILES string of the molecule is CC(C)=CCCC(O)C1CC=C(C)CC1. The predicted molar refractivity (Wildman–Crippen MR) is 65.8 cm³/mol. The van der Waals surface area contributed by atoms with Crippen LogP contribution >= 0.6 is 0 Å². The second-order valence-corrected chi connectivity index (χ2v) is 5.01. The van der Waals surface area contributed by atoms with Crippen LogP contribution in [0.1, 0.15) is 52.9 Å². The number of allylic oxidation sites excluding steroid dienone is 4. The van der Waals surface area contributed by atoms with E-state index in [2.05, 4.69) is 32.9 Å². The molecule has 0 bridgehead atoms. The lowest BCUT2D eigenvalue weighted by molar-refractivity contribution is 0.0936. The van der Waals surface area contributed by atoms with Crippen molar-refractivity contribution in [2.24, 2.45) is 5.92 Å². The molecule has 1 aliphatic carbocycles. The van der Waals surface area contributed by atoms with Crippen molar-refractivity contribution in [3.63, 3.8) is 0 Å². The number of hydrogen-bond donors (Lipinski definition) is 1. The van der Waals surface area contributed by atoms with Crippen molar-refractivity contribution in [2.75, 3.05) is 0 Å². The molecule has 86 valence electrons. The number of aliphatic hydroxyl groups is 1. The van der Waals surface area contributed by atoms with Crippen LogP contribution in [-0.4, -0.2) is 11.2 Å². The van der Waals surface area contributed by atoms with E-state index in [-0.39, 0.29) is 6.10 Å². The highest BCUT2D eigenvalue weighted by Crippen LogP contribution is 2.27. The molecule has 0 aliphatic heterocycles. The molecule has 0 radical (unpaired) electrons. The van der Waals surface area contributed by atoms with E-state index >= 15 is 0 Å². The topological polar surface area (TPSA) is 20.2 Å². The van der Waals surface area contributed by atoms with Gasteiger partial charge in [-0.1, -0.05) is 23.3 Å². The van der Waals surface area contributed by atoms with Crippen LogP contribution < -0.4 is 0 Å². The maximum atomic E-state index is 10.0. The van der Waals surface area contributed by atoms with Crippen LogP contribution in [0.4, 0.5) is 0 Å². The highest BCUT2D eigenvalue weighted by Gasteiger charge is 2.19. The lowest BCUT2D eigenvalue weighted by Crippen LogP contribution is -2.21. The van der Waals surface area contributed by atoms with E-state index in [1.54, 1.807) is 0 Å². The summed E-state index contributed by atoms with van der Waals surface area (Å²) in [6.45, 7) is 6.41. The van der Waals surface area contributed by atoms with E-state index in [0.717, 1.165) is 19.3 Å². The molecule has 0 amide bonds. The Morgan fingerprint density at radius 2 is 2.33 bits per heavy atom. The van der Waals surface area contributed by atoms with E-state index in [1.807, 2.05) is 0 Å². The van der Waals surface area contributed by atoms with Gasteiger partial charge in [-0.2, -0.15) is 0 Å². The van der Waals surface area contributed by atoms with Crippen LogP contribution in [0.2, 0.25) is 0 Å². The lowest BCUT2D eigenvalue weighted by Gasteiger charge is -2.25. The molecule has 2 atom stereocenters. The zero-order chi connectivity index (χ0) is 11.3. The van der Waals surface area contributed by atoms with Crippen molar-refractivity contribution in [1.82, 2.24) is 0 Å². The van der Waals surface area contributed by atoms with E-state index in [1.165, 1.54) is 24.0 Å². The van der Waals surface area contributed by atoms with Gasteiger partial charge < -0.3 is 5.11 Å². The standard InChI is InChI=1S/C14H24O/c1-11(2)5-4-6-14(15)13-9-7-12(3)8-10-13/h5,7,13-15H,4,6,8-10H2,1-3H3. The Hall–Kier alpha value is -0.560. The number of hydrogen-bond acceptors (Lipinski definition) is 1. The van der Waals surface area contributed by atoms with Crippen LogP contribution in [0.15, 0.2) is 23.3 Å². The maximum Gasteiger partial charge on any atom is 0.0574 e. The Balaban J connectivity index is 2.29. The summed E-state index contributed by atoms with van der Waals surface area (Å²) in [5.41, 5.74) is 2.84. The quantitative estimate of drug-likeness (QED) is 0.696. The van der Waals surface area contributed by atoms with Gasteiger partial charge in [0, 0.05) is 0 Å². The molecule has 0 fully saturated rings. The van der Waals surface area contributed by atoms with Crippen LogP contribution in [0.25, 0.3) is 0 Å². The zero-order valence-corrected chi connectivity index (χ0v) is 10.3. The molecule has 0 aromatic rings. The van der Waals surface area contributed by atoms with Crippen LogP contribution in [0.5, 0.6) is 0 Å². The van der Waals surface area contributed by atoms with Gasteiger partial charge in [-0.15, -0.1) is 0 Å². The van der Waals surface area contributed by atoms with Gasteiger partial charge >= 0.3 is 0 Å². The van der Waals surface area contributed by atoms with Gasteiger partial charge in [0.2, 0.25) is 0 Å². The fourth-order valence-corrected chi connectivity index (χ4v) is 2.11. The smallest absolute Gasteiger partial charge is 0.0574 e. The molecule has 0 spiro atoms.